The molecule has 0 unspecified atom stereocenters. The Morgan fingerprint density at radius 2 is 1.86 bits per heavy atom. The summed E-state index contributed by atoms with van der Waals surface area (Å²) in [5.41, 5.74) is 0. The third kappa shape index (κ3) is 10.6. The lowest BCUT2D eigenvalue weighted by Crippen LogP contribution is -1.74. The second-order valence-electron chi connectivity index (χ2n) is 3.05. The summed E-state index contributed by atoms with van der Waals surface area (Å²) in [6, 6.07) is 0. The van der Waals surface area contributed by atoms with Gasteiger partial charge >= 0.3 is 0 Å². The Balaban J connectivity index is 3.19. The Kier molecular flexibility index (Phi) is 10.4. The Morgan fingerprint density at radius 3 is 2.57 bits per heavy atom. The molecule has 0 aliphatic rings. The molecule has 0 aliphatic heterocycles. The Bertz CT molecular complexity index is 252. The Morgan fingerprint density at radius 1 is 1.07 bits per heavy atom. The van der Waals surface area contributed by atoms with Gasteiger partial charge in [-0.1, -0.05) is 30.6 Å². The van der Waals surface area contributed by atoms with Gasteiger partial charge in [0.1, 0.15) is 0 Å². The maximum Gasteiger partial charge on any atom is 0.0279 e. The highest BCUT2D eigenvalue weighted by Gasteiger charge is 1.84. The monoisotopic (exact) mass is 186 g/mol. The van der Waals surface area contributed by atoms with Crippen LogP contribution in [0, 0.1) is 24.2 Å². The van der Waals surface area contributed by atoms with Crippen molar-refractivity contribution in [2.24, 2.45) is 0 Å². The van der Waals surface area contributed by atoms with Gasteiger partial charge < -0.3 is 0 Å². The summed E-state index contributed by atoms with van der Waals surface area (Å²) in [7, 11) is 0. The van der Waals surface area contributed by atoms with E-state index < -0.39 is 0 Å². The van der Waals surface area contributed by atoms with Crippen LogP contribution in [-0.4, -0.2) is 0 Å². The molecule has 0 aliphatic carbocycles. The standard InChI is InChI=1S/C14H18/c1-3-5-7-9-11-13-14-12-10-8-6-4-2/h1,4,11,13H,2,6,8-10,12,14H2. The van der Waals surface area contributed by atoms with E-state index in [9.17, 15) is 0 Å². The highest BCUT2D eigenvalue weighted by atomic mass is 13.9. The molecular formula is C14H18. The lowest BCUT2D eigenvalue weighted by atomic mass is 10.1. The minimum Gasteiger partial charge on any atom is -0.106 e. The molecule has 0 amide bonds. The van der Waals surface area contributed by atoms with Crippen LogP contribution < -0.4 is 0 Å². The normalized spacial score (nSPS) is 9.07. The first kappa shape index (κ1) is 12.6. The van der Waals surface area contributed by atoms with E-state index in [1.54, 1.807) is 0 Å². The molecule has 0 rings (SSSR count). The van der Waals surface area contributed by atoms with Crippen LogP contribution in [0.3, 0.4) is 0 Å². The van der Waals surface area contributed by atoms with Crippen LogP contribution in [0.5, 0.6) is 0 Å². The van der Waals surface area contributed by atoms with Gasteiger partial charge in [-0.05, 0) is 37.5 Å². The molecule has 0 saturated carbocycles. The van der Waals surface area contributed by atoms with Gasteiger partial charge in [0.15, 0.2) is 0 Å². The van der Waals surface area contributed by atoms with Crippen LogP contribution in [0.25, 0.3) is 0 Å². The molecule has 0 bridgehead atoms. The maximum absolute atomic E-state index is 4.98. The molecule has 0 aromatic rings. The van der Waals surface area contributed by atoms with E-state index in [2.05, 4.69) is 36.5 Å². The summed E-state index contributed by atoms with van der Waals surface area (Å²) in [5.74, 6) is 7.73. The van der Waals surface area contributed by atoms with Crippen LogP contribution in [0.15, 0.2) is 24.8 Å². The Labute approximate surface area is 88.1 Å². The fourth-order valence-corrected chi connectivity index (χ4v) is 1.09. The van der Waals surface area contributed by atoms with Crippen molar-refractivity contribution in [3.05, 3.63) is 24.8 Å². The van der Waals surface area contributed by atoms with Gasteiger partial charge in [-0.15, -0.1) is 13.0 Å². The molecular weight excluding hydrogens is 168 g/mol. The van der Waals surface area contributed by atoms with E-state index in [-0.39, 0.29) is 0 Å². The Hall–Kier alpha value is -1.40. The third-order valence-electron chi connectivity index (χ3n) is 1.83. The molecule has 0 radical (unpaired) electrons. The second kappa shape index (κ2) is 11.6. The average Bonchev–Trinajstić information content (AvgIpc) is 2.21. The minimum atomic E-state index is 0.775. The van der Waals surface area contributed by atoms with E-state index in [4.69, 9.17) is 6.42 Å². The zero-order valence-electron chi connectivity index (χ0n) is 8.76. The van der Waals surface area contributed by atoms with Crippen LogP contribution in [0.1, 0.15) is 38.5 Å². The molecule has 0 fully saturated rings. The first-order valence-corrected chi connectivity index (χ1v) is 5.11. The van der Waals surface area contributed by atoms with Crippen molar-refractivity contribution in [1.82, 2.24) is 0 Å². The van der Waals surface area contributed by atoms with Crippen LogP contribution in [0.4, 0.5) is 0 Å². The third-order valence-corrected chi connectivity index (χ3v) is 1.83. The number of unbranched alkanes of at least 4 members (excludes halogenated alkanes) is 4. The molecule has 0 spiro atoms. The van der Waals surface area contributed by atoms with Gasteiger partial charge in [0.05, 0.1) is 0 Å². The summed E-state index contributed by atoms with van der Waals surface area (Å²) < 4.78 is 0. The second-order valence-corrected chi connectivity index (χ2v) is 3.05. The van der Waals surface area contributed by atoms with Crippen LogP contribution in [-0.2, 0) is 0 Å². The van der Waals surface area contributed by atoms with Crippen LogP contribution in [0.2, 0.25) is 0 Å². The van der Waals surface area contributed by atoms with Crippen LogP contribution >= 0.6 is 0 Å². The smallest absolute Gasteiger partial charge is 0.0279 e. The molecule has 0 aromatic heterocycles. The van der Waals surface area contributed by atoms with Gasteiger partial charge in [0, 0.05) is 6.42 Å². The van der Waals surface area contributed by atoms with Gasteiger partial charge in [-0.2, -0.15) is 0 Å². The molecule has 0 N–H and O–H groups in total. The van der Waals surface area contributed by atoms with E-state index >= 15 is 0 Å². The van der Waals surface area contributed by atoms with Crippen molar-refractivity contribution < 1.29 is 0 Å². The van der Waals surface area contributed by atoms with Gasteiger partial charge in [-0.3, -0.25) is 0 Å². The quantitative estimate of drug-likeness (QED) is 0.323. The summed E-state index contributed by atoms with van der Waals surface area (Å²) in [6.45, 7) is 3.69. The van der Waals surface area contributed by atoms with Crippen molar-refractivity contribution in [3.8, 4) is 24.2 Å². The number of terminal acetylenes is 1. The van der Waals surface area contributed by atoms with E-state index in [1.165, 1.54) is 19.3 Å². The predicted molar refractivity (Wildman–Crippen MR) is 63.6 cm³/mol. The van der Waals surface area contributed by atoms with Gasteiger partial charge in [0.2, 0.25) is 0 Å². The van der Waals surface area contributed by atoms with E-state index in [0.717, 1.165) is 19.3 Å². The lowest BCUT2D eigenvalue weighted by molar-refractivity contribution is 0.696. The number of hydrogen-bond donors (Lipinski definition) is 0. The predicted octanol–water partition coefficient (Wildman–Crippen LogP) is 3.71. The van der Waals surface area contributed by atoms with Crippen molar-refractivity contribution in [2.75, 3.05) is 0 Å². The molecule has 0 aromatic carbocycles. The fraction of sp³-hybridized carbons (Fsp3) is 0.429. The first-order valence-electron chi connectivity index (χ1n) is 5.11. The van der Waals surface area contributed by atoms with Crippen molar-refractivity contribution in [3.63, 3.8) is 0 Å². The average molecular weight is 186 g/mol. The SMILES string of the molecule is C#CC#CCC=CCCCCCC=C. The summed E-state index contributed by atoms with van der Waals surface area (Å²) in [5, 5.41) is 0. The summed E-state index contributed by atoms with van der Waals surface area (Å²) in [4.78, 5) is 0. The first-order chi connectivity index (χ1) is 6.91. The zero-order valence-corrected chi connectivity index (χ0v) is 8.76. The molecule has 0 nitrogen and oxygen atoms in total. The summed E-state index contributed by atoms with van der Waals surface area (Å²) >= 11 is 0. The van der Waals surface area contributed by atoms with Crippen molar-refractivity contribution >= 4 is 0 Å². The number of hydrogen-bond acceptors (Lipinski definition) is 0. The van der Waals surface area contributed by atoms with Gasteiger partial charge in [-0.25, -0.2) is 0 Å². The number of rotatable bonds is 7. The van der Waals surface area contributed by atoms with Crippen molar-refractivity contribution in [2.45, 2.75) is 38.5 Å². The topological polar surface area (TPSA) is 0 Å². The molecule has 0 heteroatoms. The largest absolute Gasteiger partial charge is 0.106 e. The molecule has 0 heterocycles. The van der Waals surface area contributed by atoms with E-state index in [0.29, 0.717) is 0 Å². The van der Waals surface area contributed by atoms with E-state index in [1.807, 2.05) is 6.08 Å². The highest BCUT2D eigenvalue weighted by molar-refractivity contribution is 5.22. The molecule has 14 heavy (non-hydrogen) atoms. The highest BCUT2D eigenvalue weighted by Crippen LogP contribution is 2.03. The van der Waals surface area contributed by atoms with Crippen molar-refractivity contribution in [1.29, 1.82) is 0 Å². The fourth-order valence-electron chi connectivity index (χ4n) is 1.09. The molecule has 0 saturated heterocycles. The zero-order chi connectivity index (χ0) is 10.5. The van der Waals surface area contributed by atoms with Gasteiger partial charge in [0.25, 0.3) is 0 Å². The summed E-state index contributed by atoms with van der Waals surface area (Å²) in [6.07, 6.45) is 18.1. The number of allylic oxidation sites excluding steroid dienone is 3. The minimum absolute atomic E-state index is 0.775. The maximum atomic E-state index is 4.98. The molecule has 0 atom stereocenters. The lowest BCUT2D eigenvalue weighted by Gasteiger charge is -1.93. The molecule has 74 valence electrons.